The zero-order valence-electron chi connectivity index (χ0n) is 21.9. The predicted octanol–water partition coefficient (Wildman–Crippen LogP) is 2.22. The van der Waals surface area contributed by atoms with E-state index in [1.165, 1.54) is 26.3 Å². The molecule has 4 amide bonds. The minimum atomic E-state index is -2.21. The molecule has 9 heteroatoms. The Morgan fingerprint density at radius 3 is 2.26 bits per heavy atom. The third kappa shape index (κ3) is 8.89. The number of likely N-dealkylation sites (tertiary alicyclic amines) is 1. The van der Waals surface area contributed by atoms with Gasteiger partial charge in [-0.15, -0.1) is 0 Å². The maximum atomic E-state index is 13.2. The molecule has 0 aliphatic carbocycles. The van der Waals surface area contributed by atoms with E-state index in [2.05, 4.69) is 22.9 Å². The van der Waals surface area contributed by atoms with Crippen LogP contribution in [0.2, 0.25) is 0 Å². The van der Waals surface area contributed by atoms with E-state index in [1.54, 1.807) is 13.8 Å². The van der Waals surface area contributed by atoms with Crippen LogP contribution < -0.4 is 16.0 Å². The Balaban J connectivity index is 2.86. The molecular weight excluding hydrogens is 436 g/mol. The third-order valence-electron chi connectivity index (χ3n) is 6.20. The van der Waals surface area contributed by atoms with Gasteiger partial charge in [0.05, 0.1) is 6.04 Å². The Morgan fingerprint density at radius 2 is 1.68 bits per heavy atom. The first-order chi connectivity index (χ1) is 15.9. The van der Waals surface area contributed by atoms with Crippen LogP contribution in [0.1, 0.15) is 98.8 Å². The molecule has 0 saturated carbocycles. The molecule has 1 unspecified atom stereocenters. The SMILES string of the molecule is CCCCCCCCC(=O)N[C@@H](CC(C)C)C(=O)N[C@@H]1CCC(=O)N(C)C1(O)C(=O)NC(C)C. The molecule has 1 aliphatic heterocycles. The van der Waals surface area contributed by atoms with E-state index in [0.717, 1.165) is 24.2 Å². The number of amides is 4. The molecule has 34 heavy (non-hydrogen) atoms. The molecule has 1 saturated heterocycles. The first-order valence-corrected chi connectivity index (χ1v) is 12.8. The summed E-state index contributed by atoms with van der Waals surface area (Å²) < 4.78 is 0. The van der Waals surface area contributed by atoms with Crippen molar-refractivity contribution >= 4 is 23.6 Å². The fourth-order valence-corrected chi connectivity index (χ4v) is 4.22. The highest BCUT2D eigenvalue weighted by Gasteiger charge is 2.53. The molecule has 0 spiro atoms. The lowest BCUT2D eigenvalue weighted by atomic mass is 9.90. The van der Waals surface area contributed by atoms with Crippen molar-refractivity contribution in [2.45, 2.75) is 123 Å². The molecule has 196 valence electrons. The quantitative estimate of drug-likeness (QED) is 0.282. The summed E-state index contributed by atoms with van der Waals surface area (Å²) in [6.07, 6.45) is 7.39. The summed E-state index contributed by atoms with van der Waals surface area (Å²) in [4.78, 5) is 51.8. The number of unbranched alkanes of at least 4 members (excludes halogenated alkanes) is 5. The number of carbonyl (C=O) groups is 4. The standard InChI is InChI=1S/C25H46N4O5/c1-7-8-9-10-11-12-13-21(30)27-19(16-17(2)3)23(32)28-20-14-15-22(31)29(6)25(20,34)24(33)26-18(4)5/h17-20,34H,7-16H2,1-6H3,(H,26,33)(H,27,30)(H,28,32)/t19-,20+,25?/m0/s1. The summed E-state index contributed by atoms with van der Waals surface area (Å²) in [5, 5.41) is 19.5. The van der Waals surface area contributed by atoms with Crippen LogP contribution in [0, 0.1) is 5.92 Å². The first kappa shape index (κ1) is 29.9. The summed E-state index contributed by atoms with van der Waals surface area (Å²) >= 11 is 0. The number of rotatable bonds is 14. The van der Waals surface area contributed by atoms with Gasteiger partial charge in [0.2, 0.25) is 23.4 Å². The van der Waals surface area contributed by atoms with Gasteiger partial charge in [0.15, 0.2) is 0 Å². The predicted molar refractivity (Wildman–Crippen MR) is 132 cm³/mol. The molecular formula is C25H46N4O5. The summed E-state index contributed by atoms with van der Waals surface area (Å²) in [6.45, 7) is 9.57. The minimum absolute atomic E-state index is 0.0952. The van der Waals surface area contributed by atoms with Gasteiger partial charge in [-0.1, -0.05) is 52.9 Å². The lowest BCUT2D eigenvalue weighted by molar-refractivity contribution is -0.186. The van der Waals surface area contributed by atoms with Gasteiger partial charge in [-0.2, -0.15) is 0 Å². The number of hydrogen-bond donors (Lipinski definition) is 4. The highest BCUT2D eigenvalue weighted by molar-refractivity contribution is 5.94. The Bertz CT molecular complexity index is 697. The molecule has 9 nitrogen and oxygen atoms in total. The van der Waals surface area contributed by atoms with Crippen LogP contribution in [0.3, 0.4) is 0 Å². The number of nitrogens with one attached hydrogen (secondary N) is 3. The van der Waals surface area contributed by atoms with Crippen molar-refractivity contribution in [2.75, 3.05) is 7.05 Å². The topological polar surface area (TPSA) is 128 Å². The summed E-state index contributed by atoms with van der Waals surface area (Å²) in [6, 6.07) is -2.03. The van der Waals surface area contributed by atoms with Crippen molar-refractivity contribution in [3.05, 3.63) is 0 Å². The number of piperidine rings is 1. The van der Waals surface area contributed by atoms with Crippen LogP contribution >= 0.6 is 0 Å². The molecule has 0 aromatic heterocycles. The van der Waals surface area contributed by atoms with E-state index < -0.39 is 29.6 Å². The van der Waals surface area contributed by atoms with Crippen LogP contribution in [0.4, 0.5) is 0 Å². The molecule has 3 atom stereocenters. The maximum absolute atomic E-state index is 13.2. The van der Waals surface area contributed by atoms with Crippen LogP contribution in [0.15, 0.2) is 0 Å². The number of hydrogen-bond acceptors (Lipinski definition) is 5. The normalized spacial score (nSPS) is 21.5. The van der Waals surface area contributed by atoms with Gasteiger partial charge in [-0.05, 0) is 39.0 Å². The monoisotopic (exact) mass is 482 g/mol. The third-order valence-corrected chi connectivity index (χ3v) is 6.20. The highest BCUT2D eigenvalue weighted by atomic mass is 16.3. The van der Waals surface area contributed by atoms with Crippen LogP contribution in [-0.2, 0) is 19.2 Å². The van der Waals surface area contributed by atoms with E-state index in [4.69, 9.17) is 0 Å². The Kier molecular flexibility index (Phi) is 12.6. The van der Waals surface area contributed by atoms with Crippen LogP contribution in [0.5, 0.6) is 0 Å². The van der Waals surface area contributed by atoms with Gasteiger partial charge in [-0.3, -0.25) is 19.2 Å². The number of nitrogens with zero attached hydrogens (tertiary/aromatic N) is 1. The molecule has 0 aromatic rings. The number of carbonyl (C=O) groups excluding carboxylic acids is 4. The Hall–Kier alpha value is -2.16. The highest BCUT2D eigenvalue weighted by Crippen LogP contribution is 2.27. The van der Waals surface area contributed by atoms with Crippen molar-refractivity contribution in [3.63, 3.8) is 0 Å². The number of aliphatic hydroxyl groups is 1. The molecule has 1 aliphatic rings. The maximum Gasteiger partial charge on any atom is 0.275 e. The molecule has 4 N–H and O–H groups in total. The largest absolute Gasteiger partial charge is 0.361 e. The Labute approximate surface area is 204 Å². The van der Waals surface area contributed by atoms with Crippen molar-refractivity contribution in [1.82, 2.24) is 20.9 Å². The average molecular weight is 483 g/mol. The smallest absolute Gasteiger partial charge is 0.275 e. The van der Waals surface area contributed by atoms with Crippen LogP contribution in [-0.4, -0.2) is 64.5 Å². The van der Waals surface area contributed by atoms with Crippen LogP contribution in [0.25, 0.3) is 0 Å². The number of likely N-dealkylation sites (N-methyl/N-ethyl adjacent to an activating group) is 1. The molecule has 0 bridgehead atoms. The minimum Gasteiger partial charge on any atom is -0.361 e. The van der Waals surface area contributed by atoms with E-state index in [-0.39, 0.29) is 36.6 Å². The van der Waals surface area contributed by atoms with Gasteiger partial charge in [-0.25, -0.2) is 0 Å². The zero-order valence-corrected chi connectivity index (χ0v) is 21.9. The molecule has 0 radical (unpaired) electrons. The second kappa shape index (κ2) is 14.3. The van der Waals surface area contributed by atoms with Gasteiger partial charge in [0, 0.05) is 25.9 Å². The molecule has 1 fully saturated rings. The van der Waals surface area contributed by atoms with Crippen molar-refractivity contribution < 1.29 is 24.3 Å². The summed E-state index contributed by atoms with van der Waals surface area (Å²) in [7, 11) is 1.36. The summed E-state index contributed by atoms with van der Waals surface area (Å²) in [5.41, 5.74) is -2.21. The van der Waals surface area contributed by atoms with Crippen molar-refractivity contribution in [3.8, 4) is 0 Å². The van der Waals surface area contributed by atoms with Crippen molar-refractivity contribution in [1.29, 1.82) is 0 Å². The lowest BCUT2D eigenvalue weighted by Crippen LogP contribution is -2.73. The van der Waals surface area contributed by atoms with Gasteiger partial charge in [0.1, 0.15) is 6.04 Å². The molecule has 0 aromatic carbocycles. The molecule has 1 rings (SSSR count). The van der Waals surface area contributed by atoms with E-state index in [9.17, 15) is 24.3 Å². The van der Waals surface area contributed by atoms with E-state index in [1.807, 2.05) is 13.8 Å². The first-order valence-electron chi connectivity index (χ1n) is 12.8. The fourth-order valence-electron chi connectivity index (χ4n) is 4.22. The Morgan fingerprint density at radius 1 is 1.06 bits per heavy atom. The van der Waals surface area contributed by atoms with Gasteiger partial charge < -0.3 is 26.0 Å². The van der Waals surface area contributed by atoms with Crippen molar-refractivity contribution in [2.24, 2.45) is 5.92 Å². The second-order valence-electron chi connectivity index (χ2n) is 10.2. The fraction of sp³-hybridized carbons (Fsp3) is 0.840. The second-order valence-corrected chi connectivity index (χ2v) is 10.2. The summed E-state index contributed by atoms with van der Waals surface area (Å²) in [5.74, 6) is -1.62. The zero-order chi connectivity index (χ0) is 25.9. The van der Waals surface area contributed by atoms with E-state index >= 15 is 0 Å². The van der Waals surface area contributed by atoms with Gasteiger partial charge in [0.25, 0.3) is 5.91 Å². The lowest BCUT2D eigenvalue weighted by Gasteiger charge is -2.45. The van der Waals surface area contributed by atoms with Gasteiger partial charge >= 0.3 is 0 Å². The van der Waals surface area contributed by atoms with E-state index in [0.29, 0.717) is 12.8 Å². The molecule has 1 heterocycles. The average Bonchev–Trinajstić information content (AvgIpc) is 2.75.